The van der Waals surface area contributed by atoms with Gasteiger partial charge in [0.05, 0.1) is 12.7 Å². The summed E-state index contributed by atoms with van der Waals surface area (Å²) < 4.78 is 4.69. The monoisotopic (exact) mass is 374 g/mol. The van der Waals surface area contributed by atoms with Crippen molar-refractivity contribution in [3.8, 4) is 0 Å². The second kappa shape index (κ2) is 9.48. The molecule has 0 aliphatic carbocycles. The Morgan fingerprint density at radius 2 is 1.21 bits per heavy atom. The third-order valence-electron chi connectivity index (χ3n) is 4.26. The van der Waals surface area contributed by atoms with Gasteiger partial charge >= 0.3 is 5.97 Å². The van der Waals surface area contributed by atoms with Crippen molar-refractivity contribution in [2.75, 3.05) is 7.11 Å². The number of carbonyl (C=O) groups excluding carboxylic acids is 2. The van der Waals surface area contributed by atoms with E-state index in [9.17, 15) is 9.59 Å². The highest BCUT2D eigenvalue weighted by Crippen LogP contribution is 2.10. The van der Waals surface area contributed by atoms with Gasteiger partial charge in [-0.2, -0.15) is 0 Å². The van der Waals surface area contributed by atoms with Gasteiger partial charge in [-0.3, -0.25) is 10.2 Å². The molecule has 0 bridgehead atoms. The molecule has 5 heteroatoms. The molecule has 0 saturated heterocycles. The molecule has 3 aromatic carbocycles. The Labute approximate surface area is 164 Å². The lowest BCUT2D eigenvalue weighted by Gasteiger charge is -2.23. The van der Waals surface area contributed by atoms with Gasteiger partial charge in [0.1, 0.15) is 0 Å². The van der Waals surface area contributed by atoms with Gasteiger partial charge in [0.15, 0.2) is 0 Å². The summed E-state index contributed by atoms with van der Waals surface area (Å²) in [4.78, 5) is 24.3. The number of methoxy groups -OCH3 is 1. The van der Waals surface area contributed by atoms with Crippen LogP contribution in [0, 0.1) is 0 Å². The Bertz CT molecular complexity index is 868. The number of benzene rings is 3. The Morgan fingerprint density at radius 1 is 0.750 bits per heavy atom. The van der Waals surface area contributed by atoms with E-state index >= 15 is 0 Å². The summed E-state index contributed by atoms with van der Waals surface area (Å²) in [6, 6.07) is 26.3. The lowest BCUT2D eigenvalue weighted by molar-refractivity contribution is 0.0599. The predicted molar refractivity (Wildman–Crippen MR) is 107 cm³/mol. The minimum absolute atomic E-state index is 0.233. The highest BCUT2D eigenvalue weighted by molar-refractivity contribution is 5.95. The summed E-state index contributed by atoms with van der Waals surface area (Å²) in [6.07, 6.45) is 0. The standard InChI is InChI=1S/C23H22N2O3/c1-28-23(27)21-14-12-20(13-15-21)22(26)24-25(16-18-8-4-2-5-9-18)17-19-10-6-3-7-11-19/h2-15H,16-17H2,1H3,(H,24,26). The number of amides is 1. The van der Waals surface area contributed by atoms with E-state index in [0.717, 1.165) is 11.1 Å². The van der Waals surface area contributed by atoms with Gasteiger partial charge in [-0.15, -0.1) is 0 Å². The number of ether oxygens (including phenoxy) is 1. The van der Waals surface area contributed by atoms with E-state index in [1.165, 1.54) is 7.11 Å². The van der Waals surface area contributed by atoms with Crippen molar-refractivity contribution in [1.29, 1.82) is 0 Å². The van der Waals surface area contributed by atoms with Crippen molar-refractivity contribution in [3.63, 3.8) is 0 Å². The van der Waals surface area contributed by atoms with Crippen molar-refractivity contribution < 1.29 is 14.3 Å². The average molecular weight is 374 g/mol. The number of esters is 1. The van der Waals surface area contributed by atoms with E-state index < -0.39 is 5.97 Å². The van der Waals surface area contributed by atoms with Gasteiger partial charge < -0.3 is 4.74 Å². The SMILES string of the molecule is COC(=O)c1ccc(C(=O)NN(Cc2ccccc2)Cc2ccccc2)cc1. The summed E-state index contributed by atoms with van der Waals surface area (Å²) in [5.74, 6) is -0.662. The average Bonchev–Trinajstić information content (AvgIpc) is 2.74. The minimum Gasteiger partial charge on any atom is -0.465 e. The molecule has 1 N–H and O–H groups in total. The number of rotatable bonds is 7. The topological polar surface area (TPSA) is 58.6 Å². The quantitative estimate of drug-likeness (QED) is 0.505. The Balaban J connectivity index is 1.74. The van der Waals surface area contributed by atoms with Crippen molar-refractivity contribution in [1.82, 2.24) is 10.4 Å². The van der Waals surface area contributed by atoms with Crippen LogP contribution in [0.5, 0.6) is 0 Å². The van der Waals surface area contributed by atoms with Gasteiger partial charge in [-0.25, -0.2) is 9.80 Å². The first-order valence-electron chi connectivity index (χ1n) is 8.98. The Kier molecular flexibility index (Phi) is 6.54. The molecule has 3 aromatic rings. The maximum Gasteiger partial charge on any atom is 0.337 e. The molecular weight excluding hydrogens is 352 g/mol. The van der Waals surface area contributed by atoms with Crippen LogP contribution in [0.1, 0.15) is 31.8 Å². The van der Waals surface area contributed by atoms with Crippen LogP contribution in [0.2, 0.25) is 0 Å². The maximum absolute atomic E-state index is 12.7. The molecule has 0 spiro atoms. The van der Waals surface area contributed by atoms with Crippen molar-refractivity contribution in [3.05, 3.63) is 107 Å². The third kappa shape index (κ3) is 5.28. The molecule has 0 fully saturated rings. The molecule has 0 radical (unpaired) electrons. The van der Waals surface area contributed by atoms with E-state index in [2.05, 4.69) is 10.2 Å². The zero-order valence-electron chi connectivity index (χ0n) is 15.7. The summed E-state index contributed by atoms with van der Waals surface area (Å²) in [5, 5.41) is 1.88. The van der Waals surface area contributed by atoms with Crippen molar-refractivity contribution in [2.45, 2.75) is 13.1 Å². The van der Waals surface area contributed by atoms with Crippen molar-refractivity contribution >= 4 is 11.9 Å². The van der Waals surface area contributed by atoms with E-state index in [-0.39, 0.29) is 5.91 Å². The van der Waals surface area contributed by atoms with Gasteiger partial charge in [-0.05, 0) is 35.4 Å². The molecule has 28 heavy (non-hydrogen) atoms. The number of nitrogens with one attached hydrogen (secondary N) is 1. The van der Waals surface area contributed by atoms with Crippen LogP contribution in [-0.4, -0.2) is 24.0 Å². The molecular formula is C23H22N2O3. The number of carbonyl (C=O) groups is 2. The molecule has 0 unspecified atom stereocenters. The lowest BCUT2D eigenvalue weighted by atomic mass is 10.1. The van der Waals surface area contributed by atoms with Crippen LogP contribution in [0.3, 0.4) is 0 Å². The van der Waals surface area contributed by atoms with Crippen LogP contribution in [-0.2, 0) is 17.8 Å². The molecule has 142 valence electrons. The van der Waals surface area contributed by atoms with Gasteiger partial charge in [-0.1, -0.05) is 60.7 Å². The molecule has 0 aromatic heterocycles. The molecule has 0 aliphatic rings. The molecule has 1 amide bonds. The van der Waals surface area contributed by atoms with Crippen LogP contribution in [0.25, 0.3) is 0 Å². The van der Waals surface area contributed by atoms with Gasteiger partial charge in [0.25, 0.3) is 5.91 Å². The molecule has 5 nitrogen and oxygen atoms in total. The second-order valence-corrected chi connectivity index (χ2v) is 6.34. The van der Waals surface area contributed by atoms with Crippen LogP contribution in [0.4, 0.5) is 0 Å². The molecule has 0 saturated carbocycles. The number of nitrogens with zero attached hydrogens (tertiary/aromatic N) is 1. The summed E-state index contributed by atoms with van der Waals surface area (Å²) in [7, 11) is 1.33. The van der Waals surface area contributed by atoms with Gasteiger partial charge in [0.2, 0.25) is 0 Å². The molecule has 0 heterocycles. The largest absolute Gasteiger partial charge is 0.465 e. The lowest BCUT2D eigenvalue weighted by Crippen LogP contribution is -2.41. The zero-order chi connectivity index (χ0) is 19.8. The van der Waals surface area contributed by atoms with E-state index in [1.807, 2.05) is 65.7 Å². The summed E-state index contributed by atoms with van der Waals surface area (Å²) in [6.45, 7) is 1.14. The van der Waals surface area contributed by atoms with E-state index in [1.54, 1.807) is 24.3 Å². The Morgan fingerprint density at radius 3 is 1.68 bits per heavy atom. The third-order valence-corrected chi connectivity index (χ3v) is 4.26. The fraction of sp³-hybridized carbons (Fsp3) is 0.130. The molecule has 0 aliphatic heterocycles. The first-order valence-corrected chi connectivity index (χ1v) is 8.98. The summed E-state index contributed by atoms with van der Waals surface area (Å²) >= 11 is 0. The highest BCUT2D eigenvalue weighted by atomic mass is 16.5. The Hall–Kier alpha value is -3.44. The summed E-state index contributed by atoms with van der Waals surface area (Å²) in [5.41, 5.74) is 6.04. The molecule has 3 rings (SSSR count). The smallest absolute Gasteiger partial charge is 0.337 e. The fourth-order valence-corrected chi connectivity index (χ4v) is 2.83. The first-order chi connectivity index (χ1) is 13.7. The number of hydrazine groups is 1. The highest BCUT2D eigenvalue weighted by Gasteiger charge is 2.14. The van der Waals surface area contributed by atoms with Crippen LogP contribution >= 0.6 is 0 Å². The first kappa shape index (κ1) is 19.3. The van der Waals surface area contributed by atoms with E-state index in [4.69, 9.17) is 0 Å². The van der Waals surface area contributed by atoms with E-state index in [0.29, 0.717) is 24.2 Å². The maximum atomic E-state index is 12.7. The zero-order valence-corrected chi connectivity index (χ0v) is 15.7. The van der Waals surface area contributed by atoms with Crippen LogP contribution < -0.4 is 5.43 Å². The van der Waals surface area contributed by atoms with Crippen LogP contribution in [0.15, 0.2) is 84.9 Å². The number of hydrogen-bond acceptors (Lipinski definition) is 4. The predicted octanol–water partition coefficient (Wildman–Crippen LogP) is 3.82. The minimum atomic E-state index is -0.429. The molecule has 0 atom stereocenters. The van der Waals surface area contributed by atoms with Crippen molar-refractivity contribution in [2.24, 2.45) is 0 Å². The second-order valence-electron chi connectivity index (χ2n) is 6.34. The number of hydrogen-bond donors (Lipinski definition) is 1. The van der Waals surface area contributed by atoms with Gasteiger partial charge in [0, 0.05) is 18.7 Å². The normalized spacial score (nSPS) is 10.5. The fourth-order valence-electron chi connectivity index (χ4n) is 2.83.